The molecule has 60 heavy (non-hydrogen) atoms. The minimum atomic E-state index is -0.879. The molecule has 0 radical (unpaired) electrons. The van der Waals surface area contributed by atoms with Crippen LogP contribution in [0.5, 0.6) is 0 Å². The number of ether oxygens (including phenoxy) is 1. The third-order valence-electron chi connectivity index (χ3n) is 9.63. The molecule has 5 unspecified atom stereocenters. The predicted octanol–water partition coefficient (Wildman–Crippen LogP) is 2.98. The maximum absolute atomic E-state index is 13.4. The fourth-order valence-electron chi connectivity index (χ4n) is 6.58. The monoisotopic (exact) mass is 884 g/mol. The van der Waals surface area contributed by atoms with Crippen LogP contribution in [0.15, 0.2) is 36.4 Å². The second kappa shape index (κ2) is 23.6. The molecule has 3 aliphatic heterocycles. The van der Waals surface area contributed by atoms with Crippen LogP contribution >= 0.6 is 23.5 Å². The molecule has 2 aromatic rings. The van der Waals surface area contributed by atoms with Gasteiger partial charge < -0.3 is 40.7 Å². The molecule has 2 aromatic carbocycles. The van der Waals surface area contributed by atoms with E-state index < -0.39 is 59.5 Å². The van der Waals surface area contributed by atoms with Gasteiger partial charge >= 0.3 is 12.0 Å². The van der Waals surface area contributed by atoms with Crippen LogP contribution in [0.3, 0.4) is 0 Å². The lowest BCUT2D eigenvalue weighted by Gasteiger charge is -2.34. The molecule has 3 fully saturated rings. The second-order valence-corrected chi connectivity index (χ2v) is 15.4. The lowest BCUT2D eigenvalue weighted by atomic mass is 10.1. The van der Waals surface area contributed by atoms with Gasteiger partial charge in [-0.1, -0.05) is 30.5 Å². The highest BCUT2D eigenvalue weighted by atomic mass is 35.5. The molecule has 0 aromatic heterocycles. The average Bonchev–Trinajstić information content (AvgIpc) is 3.84. The van der Waals surface area contributed by atoms with Crippen molar-refractivity contribution in [3.8, 4) is 0 Å². The molecule has 7 amide bonds. The molecule has 5 atom stereocenters. The van der Waals surface area contributed by atoms with Gasteiger partial charge in [0.2, 0.25) is 29.5 Å². The first kappa shape index (κ1) is 49.3. The van der Waals surface area contributed by atoms with Crippen molar-refractivity contribution in [1.82, 2.24) is 35.4 Å². The molecule has 3 aliphatic rings. The minimum absolute atomic E-state index is 0.0104. The highest BCUT2D eigenvalue weighted by Gasteiger charge is 2.43. The largest absolute Gasteiger partial charge is 0.464 e. The molecule has 3 saturated heterocycles. The van der Waals surface area contributed by atoms with E-state index >= 15 is 0 Å². The Morgan fingerprint density at radius 1 is 0.983 bits per heavy atom. The Hall–Kier alpha value is -5.08. The van der Waals surface area contributed by atoms with E-state index in [1.807, 2.05) is 13.2 Å². The predicted molar refractivity (Wildman–Crippen MR) is 219 cm³/mol. The summed E-state index contributed by atoms with van der Waals surface area (Å²) in [6.07, 6.45) is 3.39. The summed E-state index contributed by atoms with van der Waals surface area (Å²) in [5.74, 6) is -3.92. The van der Waals surface area contributed by atoms with E-state index in [1.165, 1.54) is 58.0 Å². The van der Waals surface area contributed by atoms with Crippen LogP contribution < -0.4 is 26.0 Å². The number of urea groups is 1. The molecular formula is C39H52ClF3N8O8S. The van der Waals surface area contributed by atoms with Crippen molar-refractivity contribution in [1.29, 1.82) is 0 Å². The van der Waals surface area contributed by atoms with Crippen LogP contribution in [-0.4, -0.2) is 134 Å². The molecule has 21 heteroatoms. The van der Waals surface area contributed by atoms with Crippen molar-refractivity contribution < 1.29 is 51.5 Å². The first-order chi connectivity index (χ1) is 28.4. The van der Waals surface area contributed by atoms with E-state index in [-0.39, 0.29) is 66.4 Å². The third-order valence-corrected chi connectivity index (χ3v) is 10.3. The quantitative estimate of drug-likeness (QED) is 0.213. The Labute approximate surface area is 356 Å². The van der Waals surface area contributed by atoms with Crippen molar-refractivity contribution in [2.75, 3.05) is 58.5 Å². The van der Waals surface area contributed by atoms with E-state index in [0.29, 0.717) is 37.9 Å². The summed E-state index contributed by atoms with van der Waals surface area (Å²) in [6.45, 7) is 5.89. The zero-order valence-corrected chi connectivity index (χ0v) is 35.8. The third kappa shape index (κ3) is 14.6. The van der Waals surface area contributed by atoms with Crippen LogP contribution in [0.25, 0.3) is 0 Å². The van der Waals surface area contributed by atoms with Crippen LogP contribution in [0.1, 0.15) is 45.1 Å². The Balaban J connectivity index is 0.000000303. The average molecular weight is 885 g/mol. The number of halogens is 4. The van der Waals surface area contributed by atoms with Gasteiger partial charge in [-0.2, -0.15) is 0 Å². The summed E-state index contributed by atoms with van der Waals surface area (Å²) in [7, 11) is 2.99. The van der Waals surface area contributed by atoms with Crippen LogP contribution in [-0.2, 0) is 33.5 Å². The number of likely N-dealkylation sites (N-methyl/N-ethyl adjacent to an activating group) is 2. The first-order valence-corrected chi connectivity index (χ1v) is 20.7. The Morgan fingerprint density at radius 2 is 1.67 bits per heavy atom. The molecule has 0 bridgehead atoms. The summed E-state index contributed by atoms with van der Waals surface area (Å²) >= 11 is 6.87. The number of hydrogen-bond acceptors (Lipinski definition) is 10. The standard InChI is InChI=1S/C22H35N5O6S.C10H11ClFN3O2.C7H6F2/c1-13-10-16-21(31)25(3)17(11-23-34-4)19(29)24-14(2)20(30)26-8-5-6-15(26)22(32)33-9-7-18(28)27(16)12-13;1-13-9(16)5-14-10(17)15-8-3-2-6(11)4-7(8)12;1-5-2-6(8)4-7(9)3-5/h13-17,23H,5-12H2,1-4H3,(H,24,29);2-4H,5H2,1H3,(H,13,16)(H2,14,15,17);2-4H,1H3. The molecule has 0 spiro atoms. The number of benzene rings is 2. The number of aryl methyl sites for hydroxylation is 1. The summed E-state index contributed by atoms with van der Waals surface area (Å²) < 4.78 is 46.0. The smallest absolute Gasteiger partial charge is 0.328 e. The number of nitrogens with zero attached hydrogens (tertiary/aromatic N) is 3. The maximum Gasteiger partial charge on any atom is 0.328 e. The van der Waals surface area contributed by atoms with Gasteiger partial charge in [0.1, 0.15) is 48.2 Å². The number of fused-ring (bicyclic) bond motifs is 2. The van der Waals surface area contributed by atoms with Crippen molar-refractivity contribution >= 4 is 70.8 Å². The maximum atomic E-state index is 13.4. The van der Waals surface area contributed by atoms with E-state index in [2.05, 4.69) is 26.0 Å². The highest BCUT2D eigenvalue weighted by molar-refractivity contribution is 7.96. The van der Waals surface area contributed by atoms with Crippen LogP contribution in [0.2, 0.25) is 5.02 Å². The molecule has 16 nitrogen and oxygen atoms in total. The van der Waals surface area contributed by atoms with Crippen molar-refractivity contribution in [3.63, 3.8) is 0 Å². The number of amides is 7. The van der Waals surface area contributed by atoms with E-state index in [1.54, 1.807) is 20.9 Å². The van der Waals surface area contributed by atoms with Gasteiger partial charge in [0, 0.05) is 44.8 Å². The normalized spacial score (nSPS) is 22.3. The Morgan fingerprint density at radius 3 is 2.28 bits per heavy atom. The van der Waals surface area contributed by atoms with E-state index in [4.69, 9.17) is 16.3 Å². The van der Waals surface area contributed by atoms with Gasteiger partial charge in [0.15, 0.2) is 0 Å². The lowest BCUT2D eigenvalue weighted by molar-refractivity contribution is -0.156. The number of carbonyl (C=O) groups excluding carboxylic acids is 7. The number of cyclic esters (lactones) is 1. The molecule has 5 N–H and O–H groups in total. The topological polar surface area (TPSA) is 199 Å². The van der Waals surface area contributed by atoms with Gasteiger partial charge in [-0.15, -0.1) is 0 Å². The number of anilines is 1. The Kier molecular flexibility index (Phi) is 19.4. The fourth-order valence-corrected chi connectivity index (χ4v) is 7.07. The van der Waals surface area contributed by atoms with Gasteiger partial charge in [0.05, 0.1) is 18.7 Å². The van der Waals surface area contributed by atoms with Gasteiger partial charge in [-0.3, -0.25) is 28.7 Å². The second-order valence-electron chi connectivity index (χ2n) is 14.3. The molecule has 5 rings (SSSR count). The SMILES string of the molecule is CNC(=O)CNC(=O)Nc1ccc(Cl)cc1F.CSNCC1C(=O)NC(C)C(=O)N2CCCC2C(=O)OCCC(=O)N2CC(C)CC2C(=O)N1C.Cc1cc(F)cc(F)c1. The number of esters is 1. The summed E-state index contributed by atoms with van der Waals surface area (Å²) in [6, 6.07) is 3.42. The van der Waals surface area contributed by atoms with Gasteiger partial charge in [0.25, 0.3) is 0 Å². The Bertz CT molecular complexity index is 1830. The number of hydrogen-bond donors (Lipinski definition) is 5. The zero-order chi connectivity index (χ0) is 44.7. The summed E-state index contributed by atoms with van der Waals surface area (Å²) in [5.41, 5.74) is 0.594. The fraction of sp³-hybridized carbons (Fsp3) is 0.513. The molecule has 0 aliphatic carbocycles. The molecular weight excluding hydrogens is 833 g/mol. The molecule has 330 valence electrons. The summed E-state index contributed by atoms with van der Waals surface area (Å²) in [4.78, 5) is 91.7. The van der Waals surface area contributed by atoms with E-state index in [9.17, 15) is 46.7 Å². The summed E-state index contributed by atoms with van der Waals surface area (Å²) in [5, 5.41) is 9.80. The number of rotatable bonds is 6. The first-order valence-electron chi connectivity index (χ1n) is 19.1. The van der Waals surface area contributed by atoms with Crippen LogP contribution in [0.4, 0.5) is 23.7 Å². The van der Waals surface area contributed by atoms with Crippen molar-refractivity contribution in [2.45, 2.75) is 70.6 Å². The van der Waals surface area contributed by atoms with Crippen molar-refractivity contribution in [2.24, 2.45) is 5.92 Å². The zero-order valence-electron chi connectivity index (χ0n) is 34.2. The van der Waals surface area contributed by atoms with Crippen molar-refractivity contribution in [3.05, 3.63) is 64.4 Å². The molecule has 0 saturated carbocycles. The van der Waals surface area contributed by atoms with Crippen LogP contribution in [0, 0.1) is 30.3 Å². The van der Waals surface area contributed by atoms with E-state index in [0.717, 1.165) is 12.1 Å². The lowest BCUT2D eigenvalue weighted by Crippen LogP contribution is -2.59. The molecule has 3 heterocycles. The highest BCUT2D eigenvalue weighted by Crippen LogP contribution is 2.26. The number of nitrogens with one attached hydrogen (secondary N) is 5. The minimum Gasteiger partial charge on any atom is -0.464 e. The van der Waals surface area contributed by atoms with Gasteiger partial charge in [-0.05, 0) is 81.2 Å². The number of carbonyl (C=O) groups is 7. The van der Waals surface area contributed by atoms with Gasteiger partial charge in [-0.25, -0.2) is 22.8 Å².